The van der Waals surface area contributed by atoms with Crippen LogP contribution in [0.4, 0.5) is 11.8 Å². The van der Waals surface area contributed by atoms with Gasteiger partial charge in [0.15, 0.2) is 0 Å². The zero-order chi connectivity index (χ0) is 15.0. The third-order valence-corrected chi connectivity index (χ3v) is 3.52. The van der Waals surface area contributed by atoms with Crippen molar-refractivity contribution in [1.29, 1.82) is 0 Å². The topological polar surface area (TPSA) is 81.7 Å². The van der Waals surface area contributed by atoms with Crippen LogP contribution in [-0.4, -0.2) is 19.5 Å². The summed E-state index contributed by atoms with van der Waals surface area (Å²) in [6.07, 6.45) is 0. The number of aryl methyl sites for hydroxylation is 2. The Morgan fingerprint density at radius 2 is 2.10 bits per heavy atom. The van der Waals surface area contributed by atoms with Crippen LogP contribution in [0.15, 0.2) is 24.3 Å². The lowest BCUT2D eigenvalue weighted by atomic mass is 10.2. The van der Waals surface area contributed by atoms with Gasteiger partial charge in [-0.2, -0.15) is 4.98 Å². The molecule has 21 heavy (non-hydrogen) atoms. The molecule has 0 amide bonds. The van der Waals surface area contributed by atoms with Gasteiger partial charge in [0.05, 0.1) is 17.6 Å². The number of halogens is 1. The van der Waals surface area contributed by atoms with E-state index in [0.29, 0.717) is 17.5 Å². The summed E-state index contributed by atoms with van der Waals surface area (Å²) in [5, 5.41) is 3.48. The van der Waals surface area contributed by atoms with Crippen molar-refractivity contribution in [2.75, 3.05) is 11.1 Å². The molecule has 3 aromatic rings. The van der Waals surface area contributed by atoms with E-state index in [1.165, 1.54) is 5.56 Å². The number of aromatic nitrogens is 4. The maximum atomic E-state index is 5.86. The quantitative estimate of drug-likeness (QED) is 0.727. The number of hydrogen-bond donors (Lipinski definition) is 2. The van der Waals surface area contributed by atoms with Crippen molar-refractivity contribution in [3.05, 3.63) is 40.8 Å². The predicted octanol–water partition coefficient (Wildman–Crippen LogP) is 2.52. The maximum absolute atomic E-state index is 5.86. The monoisotopic (exact) mass is 302 g/mol. The summed E-state index contributed by atoms with van der Waals surface area (Å²) in [7, 11) is 2.00. The van der Waals surface area contributed by atoms with Gasteiger partial charge >= 0.3 is 0 Å². The Labute approximate surface area is 127 Å². The van der Waals surface area contributed by atoms with Crippen molar-refractivity contribution in [3.63, 3.8) is 0 Å². The SMILES string of the molecule is Cc1cccc2nc(CNc3cc(Cl)nc(N)n3)n(C)c12. The summed E-state index contributed by atoms with van der Waals surface area (Å²) in [5.74, 6) is 1.63. The molecule has 0 radical (unpaired) electrons. The van der Waals surface area contributed by atoms with E-state index in [0.717, 1.165) is 16.9 Å². The molecule has 6 nitrogen and oxygen atoms in total. The van der Waals surface area contributed by atoms with Crippen LogP contribution >= 0.6 is 11.6 Å². The van der Waals surface area contributed by atoms with Crippen molar-refractivity contribution in [2.24, 2.45) is 7.05 Å². The molecule has 0 bridgehead atoms. The average Bonchev–Trinajstić information content (AvgIpc) is 2.73. The molecular formula is C14H15ClN6. The summed E-state index contributed by atoms with van der Waals surface area (Å²) < 4.78 is 2.07. The van der Waals surface area contributed by atoms with Crippen molar-refractivity contribution in [2.45, 2.75) is 13.5 Å². The molecule has 0 atom stereocenters. The van der Waals surface area contributed by atoms with E-state index in [9.17, 15) is 0 Å². The Hall–Kier alpha value is -2.34. The number of para-hydroxylation sites is 1. The van der Waals surface area contributed by atoms with Gasteiger partial charge < -0.3 is 15.6 Å². The number of rotatable bonds is 3. The minimum absolute atomic E-state index is 0.144. The lowest BCUT2D eigenvalue weighted by Crippen LogP contribution is -2.08. The van der Waals surface area contributed by atoms with Crippen LogP contribution in [0.3, 0.4) is 0 Å². The number of nitrogens with one attached hydrogen (secondary N) is 1. The highest BCUT2D eigenvalue weighted by atomic mass is 35.5. The van der Waals surface area contributed by atoms with Crippen LogP contribution in [0, 0.1) is 6.92 Å². The standard InChI is InChI=1S/C14H15ClN6/c1-8-4-3-5-9-13(8)21(2)12(18-9)7-17-11-6-10(15)19-14(16)20-11/h3-6H,7H2,1-2H3,(H3,16,17,19,20). The van der Waals surface area contributed by atoms with Crippen molar-refractivity contribution in [1.82, 2.24) is 19.5 Å². The number of nitrogens with two attached hydrogens (primary N) is 1. The molecule has 0 aliphatic heterocycles. The smallest absolute Gasteiger partial charge is 0.223 e. The molecule has 0 fully saturated rings. The van der Waals surface area contributed by atoms with Crippen LogP contribution in [0.1, 0.15) is 11.4 Å². The first kappa shape index (κ1) is 13.6. The Morgan fingerprint density at radius 1 is 1.29 bits per heavy atom. The average molecular weight is 303 g/mol. The highest BCUT2D eigenvalue weighted by Crippen LogP contribution is 2.19. The van der Waals surface area contributed by atoms with E-state index in [1.807, 2.05) is 19.2 Å². The fourth-order valence-corrected chi connectivity index (χ4v) is 2.56. The van der Waals surface area contributed by atoms with Gasteiger partial charge in [-0.1, -0.05) is 23.7 Å². The first-order valence-electron chi connectivity index (χ1n) is 6.49. The third-order valence-electron chi connectivity index (χ3n) is 3.33. The first-order chi connectivity index (χ1) is 10.0. The molecule has 2 heterocycles. The molecule has 0 saturated carbocycles. The molecule has 7 heteroatoms. The highest BCUT2D eigenvalue weighted by molar-refractivity contribution is 6.29. The fourth-order valence-electron chi connectivity index (χ4n) is 2.37. The second-order valence-electron chi connectivity index (χ2n) is 4.82. The second-order valence-corrected chi connectivity index (χ2v) is 5.20. The molecule has 2 aromatic heterocycles. The van der Waals surface area contributed by atoms with E-state index >= 15 is 0 Å². The number of imidazole rings is 1. The lowest BCUT2D eigenvalue weighted by Gasteiger charge is -2.07. The van der Waals surface area contributed by atoms with E-state index in [-0.39, 0.29) is 5.95 Å². The molecule has 1 aromatic carbocycles. The minimum atomic E-state index is 0.144. The molecule has 108 valence electrons. The van der Waals surface area contributed by atoms with Crippen LogP contribution in [0.2, 0.25) is 5.15 Å². The van der Waals surface area contributed by atoms with E-state index in [2.05, 4.69) is 37.8 Å². The van der Waals surface area contributed by atoms with Crippen molar-refractivity contribution in [3.8, 4) is 0 Å². The molecular weight excluding hydrogens is 288 g/mol. The van der Waals surface area contributed by atoms with Gasteiger partial charge in [0.1, 0.15) is 16.8 Å². The normalized spacial score (nSPS) is 11.0. The molecule has 0 aliphatic rings. The summed E-state index contributed by atoms with van der Waals surface area (Å²) in [4.78, 5) is 12.5. The summed E-state index contributed by atoms with van der Waals surface area (Å²) in [6.45, 7) is 2.60. The van der Waals surface area contributed by atoms with Gasteiger partial charge in [-0.15, -0.1) is 0 Å². The van der Waals surface area contributed by atoms with Gasteiger partial charge in [0, 0.05) is 13.1 Å². The van der Waals surface area contributed by atoms with E-state index in [4.69, 9.17) is 17.3 Å². The number of fused-ring (bicyclic) bond motifs is 1. The van der Waals surface area contributed by atoms with Crippen molar-refractivity contribution >= 4 is 34.4 Å². The largest absolute Gasteiger partial charge is 0.368 e. The van der Waals surface area contributed by atoms with Crippen LogP contribution in [0.5, 0.6) is 0 Å². The fraction of sp³-hybridized carbons (Fsp3) is 0.214. The Balaban J connectivity index is 1.88. The van der Waals surface area contributed by atoms with Gasteiger partial charge in [0.2, 0.25) is 5.95 Å². The molecule has 0 aliphatic carbocycles. The Bertz CT molecular complexity index is 790. The zero-order valence-electron chi connectivity index (χ0n) is 11.8. The minimum Gasteiger partial charge on any atom is -0.368 e. The Kier molecular flexibility index (Phi) is 3.39. The van der Waals surface area contributed by atoms with Crippen LogP contribution in [0.25, 0.3) is 11.0 Å². The Morgan fingerprint density at radius 3 is 2.81 bits per heavy atom. The molecule has 0 spiro atoms. The zero-order valence-corrected chi connectivity index (χ0v) is 12.5. The second kappa shape index (κ2) is 5.21. The van der Waals surface area contributed by atoms with Gasteiger partial charge in [0.25, 0.3) is 0 Å². The van der Waals surface area contributed by atoms with Crippen LogP contribution < -0.4 is 11.1 Å². The number of hydrogen-bond acceptors (Lipinski definition) is 5. The highest BCUT2D eigenvalue weighted by Gasteiger charge is 2.09. The summed E-state index contributed by atoms with van der Waals surface area (Å²) in [5.41, 5.74) is 8.88. The third kappa shape index (κ3) is 2.62. The number of nitrogens with zero attached hydrogens (tertiary/aromatic N) is 4. The number of benzene rings is 1. The summed E-state index contributed by atoms with van der Waals surface area (Å²) in [6, 6.07) is 7.72. The van der Waals surface area contributed by atoms with Crippen LogP contribution in [-0.2, 0) is 13.6 Å². The molecule has 3 rings (SSSR count). The van der Waals surface area contributed by atoms with Crippen molar-refractivity contribution < 1.29 is 0 Å². The molecule has 0 saturated heterocycles. The number of anilines is 2. The maximum Gasteiger partial charge on any atom is 0.223 e. The first-order valence-corrected chi connectivity index (χ1v) is 6.87. The molecule has 0 unspecified atom stereocenters. The lowest BCUT2D eigenvalue weighted by molar-refractivity contribution is 0.830. The van der Waals surface area contributed by atoms with Gasteiger partial charge in [-0.3, -0.25) is 0 Å². The summed E-state index contributed by atoms with van der Waals surface area (Å²) >= 11 is 5.86. The van der Waals surface area contributed by atoms with E-state index < -0.39 is 0 Å². The predicted molar refractivity (Wildman–Crippen MR) is 84.2 cm³/mol. The van der Waals surface area contributed by atoms with E-state index in [1.54, 1.807) is 6.07 Å². The van der Waals surface area contributed by atoms with Gasteiger partial charge in [-0.05, 0) is 18.6 Å². The number of nitrogen functional groups attached to an aromatic ring is 1. The molecule has 3 N–H and O–H groups in total. The van der Waals surface area contributed by atoms with Gasteiger partial charge in [-0.25, -0.2) is 9.97 Å².